The second-order valence-corrected chi connectivity index (χ2v) is 7.03. The summed E-state index contributed by atoms with van der Waals surface area (Å²) in [6.45, 7) is 1.21. The number of rotatable bonds is 6. The molecule has 1 aromatic heterocycles. The predicted octanol–water partition coefficient (Wildman–Crippen LogP) is 2.64. The topological polar surface area (TPSA) is 67.8 Å². The van der Waals surface area contributed by atoms with E-state index in [0.717, 1.165) is 18.7 Å². The summed E-state index contributed by atoms with van der Waals surface area (Å²) in [5, 5.41) is 8.83. The molecule has 1 saturated heterocycles. The van der Waals surface area contributed by atoms with Crippen molar-refractivity contribution in [3.8, 4) is 11.6 Å². The summed E-state index contributed by atoms with van der Waals surface area (Å²) in [6, 6.07) is 10.6. The number of carbonyl (C=O) groups is 1. The van der Waals surface area contributed by atoms with Crippen LogP contribution in [0.3, 0.4) is 0 Å². The van der Waals surface area contributed by atoms with Gasteiger partial charge in [0, 0.05) is 31.7 Å². The Hall–Kier alpha value is -2.54. The Morgan fingerprint density at radius 3 is 2.67 bits per heavy atom. The monoisotopic (exact) mass is 390 g/mol. The van der Waals surface area contributed by atoms with Crippen molar-refractivity contribution < 1.29 is 14.3 Å². The van der Waals surface area contributed by atoms with Crippen LogP contribution in [0, 0.1) is 0 Å². The van der Waals surface area contributed by atoms with E-state index in [4.69, 9.17) is 21.1 Å². The summed E-state index contributed by atoms with van der Waals surface area (Å²) in [7, 11) is 3.81. The third-order valence-electron chi connectivity index (χ3n) is 4.28. The molecular formula is C19H23ClN4O3. The van der Waals surface area contributed by atoms with Crippen LogP contribution in [0.4, 0.5) is 5.82 Å². The van der Waals surface area contributed by atoms with Crippen molar-refractivity contribution in [1.82, 2.24) is 15.1 Å². The number of ether oxygens (including phenoxy) is 2. The van der Waals surface area contributed by atoms with Gasteiger partial charge in [-0.2, -0.15) is 0 Å². The molecule has 8 heteroatoms. The number of hydrogen-bond acceptors (Lipinski definition) is 6. The molecule has 1 unspecified atom stereocenters. The van der Waals surface area contributed by atoms with Gasteiger partial charge in [-0.1, -0.05) is 11.6 Å². The Kier molecular flexibility index (Phi) is 6.34. The summed E-state index contributed by atoms with van der Waals surface area (Å²) in [5.74, 6) is 1.79. The molecule has 0 radical (unpaired) electrons. The number of aromatic nitrogens is 2. The maximum absolute atomic E-state index is 12.4. The summed E-state index contributed by atoms with van der Waals surface area (Å²) >= 11 is 5.85. The molecular weight excluding hydrogens is 368 g/mol. The van der Waals surface area contributed by atoms with Crippen LogP contribution in [0.2, 0.25) is 5.02 Å². The molecule has 0 spiro atoms. The van der Waals surface area contributed by atoms with Crippen molar-refractivity contribution in [3.63, 3.8) is 0 Å². The lowest BCUT2D eigenvalue weighted by Gasteiger charge is -2.32. The normalized spacial score (nSPS) is 16.7. The first-order valence-electron chi connectivity index (χ1n) is 8.85. The van der Waals surface area contributed by atoms with Crippen molar-refractivity contribution >= 4 is 23.3 Å². The standard InChI is InChI=1S/C19H23ClN4O3/c1-23(2)17-9-10-18(22-21-17)27-16-4-3-11-24(12-16)19(25)13-26-15-7-5-14(20)6-8-15/h5-10,16H,3-4,11-13H2,1-2H3. The van der Waals surface area contributed by atoms with Gasteiger partial charge in [-0.25, -0.2) is 0 Å². The number of halogens is 1. The molecule has 27 heavy (non-hydrogen) atoms. The average Bonchev–Trinajstić information content (AvgIpc) is 2.68. The molecule has 1 aromatic carbocycles. The second kappa shape index (κ2) is 8.90. The number of benzene rings is 1. The van der Waals surface area contributed by atoms with E-state index in [1.165, 1.54) is 0 Å². The van der Waals surface area contributed by atoms with Crippen LogP contribution in [-0.4, -0.2) is 60.9 Å². The zero-order valence-corrected chi connectivity index (χ0v) is 16.2. The number of anilines is 1. The van der Waals surface area contributed by atoms with Crippen LogP contribution < -0.4 is 14.4 Å². The maximum Gasteiger partial charge on any atom is 0.260 e. The number of amides is 1. The molecule has 1 aliphatic heterocycles. The van der Waals surface area contributed by atoms with Crippen molar-refractivity contribution in [2.45, 2.75) is 18.9 Å². The highest BCUT2D eigenvalue weighted by Gasteiger charge is 2.25. The second-order valence-electron chi connectivity index (χ2n) is 6.59. The number of hydrogen-bond donors (Lipinski definition) is 0. The van der Waals surface area contributed by atoms with Gasteiger partial charge in [0.05, 0.1) is 6.54 Å². The molecule has 1 aliphatic rings. The average molecular weight is 391 g/mol. The lowest BCUT2D eigenvalue weighted by molar-refractivity contribution is -0.136. The smallest absolute Gasteiger partial charge is 0.260 e. The summed E-state index contributed by atoms with van der Waals surface area (Å²) in [4.78, 5) is 16.1. The molecule has 0 aliphatic carbocycles. The van der Waals surface area contributed by atoms with Gasteiger partial charge in [-0.15, -0.1) is 10.2 Å². The quantitative estimate of drug-likeness (QED) is 0.755. The number of carbonyl (C=O) groups excluding carboxylic acids is 1. The first kappa shape index (κ1) is 19.2. The Bertz CT molecular complexity index is 753. The summed E-state index contributed by atoms with van der Waals surface area (Å²) in [5.41, 5.74) is 0. The number of piperidine rings is 1. The SMILES string of the molecule is CN(C)c1ccc(OC2CCCN(C(=O)COc3ccc(Cl)cc3)C2)nn1. The van der Waals surface area contributed by atoms with Crippen molar-refractivity contribution in [3.05, 3.63) is 41.4 Å². The highest BCUT2D eigenvalue weighted by Crippen LogP contribution is 2.19. The van der Waals surface area contributed by atoms with Gasteiger partial charge >= 0.3 is 0 Å². The molecule has 2 aromatic rings. The minimum absolute atomic E-state index is 0.00824. The largest absolute Gasteiger partial charge is 0.484 e. The van der Waals surface area contributed by atoms with Crippen LogP contribution >= 0.6 is 11.6 Å². The van der Waals surface area contributed by atoms with E-state index in [1.54, 1.807) is 35.2 Å². The Morgan fingerprint density at radius 2 is 2.00 bits per heavy atom. The number of likely N-dealkylation sites (tertiary alicyclic amines) is 1. The van der Waals surface area contributed by atoms with E-state index in [9.17, 15) is 4.79 Å². The minimum Gasteiger partial charge on any atom is -0.484 e. The fraction of sp³-hybridized carbons (Fsp3) is 0.421. The molecule has 2 heterocycles. The van der Waals surface area contributed by atoms with Gasteiger partial charge < -0.3 is 19.3 Å². The van der Waals surface area contributed by atoms with Crippen LogP contribution in [0.5, 0.6) is 11.6 Å². The van der Waals surface area contributed by atoms with Crippen LogP contribution in [0.25, 0.3) is 0 Å². The van der Waals surface area contributed by atoms with Crippen LogP contribution in [0.15, 0.2) is 36.4 Å². The van der Waals surface area contributed by atoms with E-state index in [0.29, 0.717) is 29.7 Å². The fourth-order valence-corrected chi connectivity index (χ4v) is 2.94. The lowest BCUT2D eigenvalue weighted by Crippen LogP contribution is -2.46. The van der Waals surface area contributed by atoms with E-state index >= 15 is 0 Å². The molecule has 0 saturated carbocycles. The molecule has 0 bridgehead atoms. The molecule has 3 rings (SSSR count). The molecule has 0 N–H and O–H groups in total. The van der Waals surface area contributed by atoms with E-state index in [2.05, 4.69) is 10.2 Å². The van der Waals surface area contributed by atoms with E-state index in [1.807, 2.05) is 25.1 Å². The third kappa shape index (κ3) is 5.47. The number of nitrogens with zero attached hydrogens (tertiary/aromatic N) is 4. The van der Waals surface area contributed by atoms with Crippen LogP contribution in [0.1, 0.15) is 12.8 Å². The maximum atomic E-state index is 12.4. The summed E-state index contributed by atoms with van der Waals surface area (Å²) in [6.07, 6.45) is 1.65. The van der Waals surface area contributed by atoms with Gasteiger partial charge in [0.25, 0.3) is 5.91 Å². The van der Waals surface area contributed by atoms with Gasteiger partial charge in [0.15, 0.2) is 12.4 Å². The van der Waals surface area contributed by atoms with Crippen molar-refractivity contribution in [2.75, 3.05) is 38.7 Å². The highest BCUT2D eigenvalue weighted by atomic mass is 35.5. The van der Waals surface area contributed by atoms with Gasteiger partial charge in [-0.05, 0) is 43.2 Å². The predicted molar refractivity (Wildman–Crippen MR) is 104 cm³/mol. The Balaban J connectivity index is 1.50. The third-order valence-corrected chi connectivity index (χ3v) is 4.53. The van der Waals surface area contributed by atoms with Crippen molar-refractivity contribution in [2.24, 2.45) is 0 Å². The van der Waals surface area contributed by atoms with Gasteiger partial charge in [0.2, 0.25) is 5.88 Å². The summed E-state index contributed by atoms with van der Waals surface area (Å²) < 4.78 is 11.5. The Labute approximate surface area is 163 Å². The zero-order chi connectivity index (χ0) is 19.2. The van der Waals surface area contributed by atoms with Gasteiger partial charge in [0.1, 0.15) is 11.9 Å². The first-order valence-corrected chi connectivity index (χ1v) is 9.23. The Morgan fingerprint density at radius 1 is 1.22 bits per heavy atom. The molecule has 7 nitrogen and oxygen atoms in total. The van der Waals surface area contributed by atoms with Crippen molar-refractivity contribution in [1.29, 1.82) is 0 Å². The lowest BCUT2D eigenvalue weighted by atomic mass is 10.1. The first-order chi connectivity index (χ1) is 13.0. The fourth-order valence-electron chi connectivity index (χ4n) is 2.81. The molecule has 1 fully saturated rings. The molecule has 1 amide bonds. The van der Waals surface area contributed by atoms with E-state index in [-0.39, 0.29) is 18.6 Å². The van der Waals surface area contributed by atoms with Gasteiger partial charge in [-0.3, -0.25) is 4.79 Å². The zero-order valence-electron chi connectivity index (χ0n) is 15.5. The van der Waals surface area contributed by atoms with Crippen LogP contribution in [-0.2, 0) is 4.79 Å². The minimum atomic E-state index is -0.0993. The molecule has 1 atom stereocenters. The highest BCUT2D eigenvalue weighted by molar-refractivity contribution is 6.30. The molecule has 144 valence electrons. The van der Waals surface area contributed by atoms with E-state index < -0.39 is 0 Å².